The Bertz CT molecular complexity index is 872. The first kappa shape index (κ1) is 15.0. The highest BCUT2D eigenvalue weighted by molar-refractivity contribution is 6.05. The van der Waals surface area contributed by atoms with Gasteiger partial charge in [-0.15, -0.1) is 0 Å². The van der Waals surface area contributed by atoms with Gasteiger partial charge in [0.15, 0.2) is 0 Å². The van der Waals surface area contributed by atoms with Gasteiger partial charge in [0.1, 0.15) is 5.69 Å². The molecule has 5 nitrogen and oxygen atoms in total. The second kappa shape index (κ2) is 6.04. The summed E-state index contributed by atoms with van der Waals surface area (Å²) < 4.78 is 3.46. The van der Waals surface area contributed by atoms with Crippen molar-refractivity contribution in [1.29, 1.82) is 0 Å². The van der Waals surface area contributed by atoms with E-state index in [9.17, 15) is 4.79 Å². The van der Waals surface area contributed by atoms with E-state index >= 15 is 0 Å². The molecule has 5 heteroatoms. The molecule has 0 saturated carbocycles. The van der Waals surface area contributed by atoms with Gasteiger partial charge in [-0.1, -0.05) is 18.2 Å². The Balaban J connectivity index is 1.92. The van der Waals surface area contributed by atoms with Crippen LogP contribution in [0.25, 0.3) is 11.8 Å². The van der Waals surface area contributed by atoms with Crippen molar-refractivity contribution in [3.05, 3.63) is 71.3 Å². The molecular weight excluding hydrogens is 288 g/mol. The molecule has 116 valence electrons. The fourth-order valence-corrected chi connectivity index (χ4v) is 2.58. The standard InChI is InChI=1S/C18H18N4O/c1-13-16(9-10-18(23)17-11-12-19-21(17)3)14(2)22(20-13)15-7-5-4-6-8-15/h4-12H,1-3H3/b10-9+. The van der Waals surface area contributed by atoms with Crippen LogP contribution in [0.15, 0.2) is 48.7 Å². The molecule has 2 aromatic heterocycles. The Hall–Kier alpha value is -2.95. The van der Waals surface area contributed by atoms with Crippen molar-refractivity contribution in [3.63, 3.8) is 0 Å². The number of hydrogen-bond acceptors (Lipinski definition) is 3. The van der Waals surface area contributed by atoms with Crippen LogP contribution in [0.3, 0.4) is 0 Å². The van der Waals surface area contributed by atoms with E-state index in [2.05, 4.69) is 10.2 Å². The second-order valence-corrected chi connectivity index (χ2v) is 5.37. The molecule has 23 heavy (non-hydrogen) atoms. The molecule has 3 aromatic rings. The average Bonchev–Trinajstić information content (AvgIpc) is 3.10. The predicted octanol–water partition coefficient (Wildman–Crippen LogP) is 3.12. The topological polar surface area (TPSA) is 52.7 Å². The van der Waals surface area contributed by atoms with Crippen molar-refractivity contribution in [1.82, 2.24) is 19.6 Å². The van der Waals surface area contributed by atoms with Gasteiger partial charge in [-0.2, -0.15) is 10.2 Å². The maximum absolute atomic E-state index is 12.2. The highest BCUT2D eigenvalue weighted by Crippen LogP contribution is 2.19. The molecule has 2 heterocycles. The summed E-state index contributed by atoms with van der Waals surface area (Å²) in [6.45, 7) is 3.95. The number of nitrogens with zero attached hydrogens (tertiary/aromatic N) is 4. The first-order valence-corrected chi connectivity index (χ1v) is 7.40. The Morgan fingerprint density at radius 3 is 2.52 bits per heavy atom. The second-order valence-electron chi connectivity index (χ2n) is 5.37. The number of ketones is 1. The molecule has 0 amide bonds. The zero-order valence-corrected chi connectivity index (χ0v) is 13.4. The Morgan fingerprint density at radius 2 is 1.87 bits per heavy atom. The average molecular weight is 306 g/mol. The molecule has 0 aliphatic heterocycles. The monoisotopic (exact) mass is 306 g/mol. The van der Waals surface area contributed by atoms with E-state index in [1.165, 1.54) is 0 Å². The molecule has 0 radical (unpaired) electrons. The summed E-state index contributed by atoms with van der Waals surface area (Å²) in [5.74, 6) is -0.0729. The first-order valence-electron chi connectivity index (χ1n) is 7.40. The van der Waals surface area contributed by atoms with Crippen molar-refractivity contribution in [3.8, 4) is 5.69 Å². The lowest BCUT2D eigenvalue weighted by atomic mass is 10.1. The van der Waals surface area contributed by atoms with Crippen molar-refractivity contribution >= 4 is 11.9 Å². The number of hydrogen-bond donors (Lipinski definition) is 0. The highest BCUT2D eigenvalue weighted by atomic mass is 16.1. The van der Waals surface area contributed by atoms with E-state index in [-0.39, 0.29) is 5.78 Å². The summed E-state index contributed by atoms with van der Waals surface area (Å²) in [6, 6.07) is 11.7. The summed E-state index contributed by atoms with van der Waals surface area (Å²) in [7, 11) is 1.75. The van der Waals surface area contributed by atoms with Crippen LogP contribution in [0.5, 0.6) is 0 Å². The summed E-state index contributed by atoms with van der Waals surface area (Å²) >= 11 is 0. The number of allylic oxidation sites excluding steroid dienone is 1. The molecule has 0 aliphatic rings. The summed E-state index contributed by atoms with van der Waals surface area (Å²) in [5.41, 5.74) is 4.42. The van der Waals surface area contributed by atoms with Gasteiger partial charge in [0.2, 0.25) is 5.78 Å². The van der Waals surface area contributed by atoms with E-state index in [0.717, 1.165) is 22.6 Å². The SMILES string of the molecule is Cc1nn(-c2ccccc2)c(C)c1/C=C/C(=O)c1ccnn1C. The van der Waals surface area contributed by atoms with E-state index in [4.69, 9.17) is 0 Å². The van der Waals surface area contributed by atoms with Crippen LogP contribution in [0.2, 0.25) is 0 Å². The minimum Gasteiger partial charge on any atom is -0.288 e. The van der Waals surface area contributed by atoms with Gasteiger partial charge < -0.3 is 0 Å². The molecule has 3 rings (SSSR count). The van der Waals surface area contributed by atoms with Crippen LogP contribution in [0.1, 0.15) is 27.4 Å². The fraction of sp³-hybridized carbons (Fsp3) is 0.167. The molecule has 0 N–H and O–H groups in total. The maximum Gasteiger partial charge on any atom is 0.203 e. The number of aromatic nitrogens is 4. The van der Waals surface area contributed by atoms with Crippen LogP contribution in [0, 0.1) is 13.8 Å². The lowest BCUT2D eigenvalue weighted by Gasteiger charge is -2.03. The van der Waals surface area contributed by atoms with Gasteiger partial charge in [0.05, 0.1) is 11.4 Å². The van der Waals surface area contributed by atoms with E-state index in [1.54, 1.807) is 30.1 Å². The minimum atomic E-state index is -0.0729. The lowest BCUT2D eigenvalue weighted by molar-refractivity contribution is 0.103. The van der Waals surface area contributed by atoms with E-state index in [0.29, 0.717) is 5.69 Å². The number of carbonyl (C=O) groups is 1. The third kappa shape index (κ3) is 2.85. The molecule has 0 aliphatic carbocycles. The van der Waals surface area contributed by atoms with Gasteiger partial charge in [-0.05, 0) is 44.2 Å². The summed E-state index contributed by atoms with van der Waals surface area (Å²) in [5, 5.41) is 8.59. The van der Waals surface area contributed by atoms with Gasteiger partial charge in [-0.3, -0.25) is 9.48 Å². The maximum atomic E-state index is 12.2. The number of benzene rings is 1. The van der Waals surface area contributed by atoms with Crippen molar-refractivity contribution in [2.75, 3.05) is 0 Å². The Kier molecular flexibility index (Phi) is 3.93. The molecule has 0 atom stereocenters. The van der Waals surface area contributed by atoms with Gasteiger partial charge >= 0.3 is 0 Å². The van der Waals surface area contributed by atoms with Crippen LogP contribution in [0.4, 0.5) is 0 Å². The molecule has 0 saturated heterocycles. The predicted molar refractivity (Wildman–Crippen MR) is 89.6 cm³/mol. The third-order valence-electron chi connectivity index (χ3n) is 3.82. The highest BCUT2D eigenvalue weighted by Gasteiger charge is 2.12. The van der Waals surface area contributed by atoms with Crippen molar-refractivity contribution < 1.29 is 4.79 Å². The van der Waals surface area contributed by atoms with Crippen molar-refractivity contribution in [2.45, 2.75) is 13.8 Å². The number of para-hydroxylation sites is 1. The quantitative estimate of drug-likeness (QED) is 0.550. The van der Waals surface area contributed by atoms with E-state index < -0.39 is 0 Å². The molecule has 0 spiro atoms. The Labute approximate surface area is 134 Å². The van der Waals surface area contributed by atoms with Gasteiger partial charge in [0, 0.05) is 24.5 Å². The molecule has 0 fully saturated rings. The normalized spacial score (nSPS) is 11.3. The first-order chi connectivity index (χ1) is 11.1. The summed E-state index contributed by atoms with van der Waals surface area (Å²) in [6.07, 6.45) is 5.01. The van der Waals surface area contributed by atoms with Crippen LogP contribution >= 0.6 is 0 Å². The van der Waals surface area contributed by atoms with Crippen molar-refractivity contribution in [2.24, 2.45) is 7.05 Å². The minimum absolute atomic E-state index is 0.0729. The largest absolute Gasteiger partial charge is 0.288 e. The van der Waals surface area contributed by atoms with Crippen LogP contribution in [-0.4, -0.2) is 25.3 Å². The zero-order chi connectivity index (χ0) is 16.4. The van der Waals surface area contributed by atoms with Gasteiger partial charge in [-0.25, -0.2) is 4.68 Å². The lowest BCUT2D eigenvalue weighted by Crippen LogP contribution is -2.03. The summed E-state index contributed by atoms with van der Waals surface area (Å²) in [4.78, 5) is 12.2. The number of aryl methyl sites for hydroxylation is 2. The molecule has 0 bridgehead atoms. The van der Waals surface area contributed by atoms with Gasteiger partial charge in [0.25, 0.3) is 0 Å². The Morgan fingerprint density at radius 1 is 1.13 bits per heavy atom. The van der Waals surface area contributed by atoms with E-state index in [1.807, 2.05) is 54.9 Å². The molecule has 0 unspecified atom stereocenters. The third-order valence-corrected chi connectivity index (χ3v) is 3.82. The number of carbonyl (C=O) groups excluding carboxylic acids is 1. The zero-order valence-electron chi connectivity index (χ0n) is 13.4. The molecule has 1 aromatic carbocycles. The van der Waals surface area contributed by atoms with Crippen LogP contribution < -0.4 is 0 Å². The fourth-order valence-electron chi connectivity index (χ4n) is 2.58. The van der Waals surface area contributed by atoms with Crippen LogP contribution in [-0.2, 0) is 7.05 Å². The smallest absolute Gasteiger partial charge is 0.203 e. The molecular formula is C18H18N4O. The number of rotatable bonds is 4.